The van der Waals surface area contributed by atoms with E-state index < -0.39 is 11.6 Å². The van der Waals surface area contributed by atoms with Crippen molar-refractivity contribution in [2.45, 2.75) is 39.2 Å². The van der Waals surface area contributed by atoms with Crippen molar-refractivity contribution in [2.24, 2.45) is 23.2 Å². The number of carbonyl (C=O) groups excluding carboxylic acids is 1. The highest BCUT2D eigenvalue weighted by Crippen LogP contribution is 2.62. The number of ether oxygens (including phenoxy) is 1. The van der Waals surface area contributed by atoms with Gasteiger partial charge in [0.25, 0.3) is 0 Å². The van der Waals surface area contributed by atoms with Crippen molar-refractivity contribution in [3.8, 4) is 11.8 Å². The zero-order valence-corrected chi connectivity index (χ0v) is 14.2. The third-order valence-corrected chi connectivity index (χ3v) is 6.28. The Morgan fingerprint density at radius 3 is 2.65 bits per heavy atom. The van der Waals surface area contributed by atoms with E-state index in [4.69, 9.17) is 4.74 Å². The lowest BCUT2D eigenvalue weighted by Gasteiger charge is -2.42. The number of aliphatic hydroxyl groups is 1. The summed E-state index contributed by atoms with van der Waals surface area (Å²) in [7, 11) is 1.36. The molecule has 4 atom stereocenters. The van der Waals surface area contributed by atoms with Crippen LogP contribution in [-0.4, -0.2) is 23.8 Å². The molecule has 1 aromatic rings. The molecule has 0 aliphatic heterocycles. The molecule has 0 heterocycles. The van der Waals surface area contributed by atoms with Gasteiger partial charge in [0.1, 0.15) is 5.60 Å². The Morgan fingerprint density at radius 1 is 1.35 bits per heavy atom. The van der Waals surface area contributed by atoms with Crippen LogP contribution in [0, 0.1) is 35.0 Å². The Kier molecular flexibility index (Phi) is 3.77. The normalized spacial score (nSPS) is 33.9. The molecular formula is C20H24O3. The first kappa shape index (κ1) is 16.1. The van der Waals surface area contributed by atoms with Crippen LogP contribution in [0.2, 0.25) is 0 Å². The Labute approximate surface area is 138 Å². The SMILES string of the molecule is COC(=O)c1ccccc1C#CC1(O)CC2CC1C(C)C2(C)C. The highest BCUT2D eigenvalue weighted by Gasteiger charge is 2.61. The second kappa shape index (κ2) is 5.39. The summed E-state index contributed by atoms with van der Waals surface area (Å²) in [5, 5.41) is 11.0. The minimum Gasteiger partial charge on any atom is -0.465 e. The minimum atomic E-state index is -0.942. The van der Waals surface area contributed by atoms with Crippen molar-refractivity contribution in [1.82, 2.24) is 0 Å². The summed E-state index contributed by atoms with van der Waals surface area (Å²) in [5.74, 6) is 6.90. The van der Waals surface area contributed by atoms with Gasteiger partial charge in [-0.25, -0.2) is 4.79 Å². The Hall–Kier alpha value is -1.79. The number of benzene rings is 1. The zero-order chi connectivity index (χ0) is 16.8. The molecule has 0 spiro atoms. The summed E-state index contributed by atoms with van der Waals surface area (Å²) in [4.78, 5) is 11.8. The maximum Gasteiger partial charge on any atom is 0.339 e. The number of methoxy groups -OCH3 is 1. The molecule has 0 radical (unpaired) electrons. The number of esters is 1. The van der Waals surface area contributed by atoms with Crippen LogP contribution >= 0.6 is 0 Å². The van der Waals surface area contributed by atoms with Crippen molar-refractivity contribution < 1.29 is 14.6 Å². The molecule has 0 aromatic heterocycles. The summed E-state index contributed by atoms with van der Waals surface area (Å²) in [6, 6.07) is 7.12. The van der Waals surface area contributed by atoms with Gasteiger partial charge in [0, 0.05) is 11.5 Å². The molecule has 3 rings (SSSR count). The van der Waals surface area contributed by atoms with E-state index in [9.17, 15) is 9.90 Å². The molecule has 3 heteroatoms. The van der Waals surface area contributed by atoms with E-state index in [1.165, 1.54) is 7.11 Å². The average molecular weight is 312 g/mol. The third kappa shape index (κ3) is 2.46. The quantitative estimate of drug-likeness (QED) is 0.639. The Morgan fingerprint density at radius 2 is 2.04 bits per heavy atom. The largest absolute Gasteiger partial charge is 0.465 e. The van der Waals surface area contributed by atoms with Crippen LogP contribution in [-0.2, 0) is 4.74 Å². The molecule has 23 heavy (non-hydrogen) atoms. The number of carbonyl (C=O) groups is 1. The van der Waals surface area contributed by atoms with Crippen LogP contribution in [0.4, 0.5) is 0 Å². The molecule has 2 aliphatic rings. The van der Waals surface area contributed by atoms with Gasteiger partial charge in [-0.05, 0) is 42.2 Å². The van der Waals surface area contributed by atoms with Crippen LogP contribution in [0.25, 0.3) is 0 Å². The van der Waals surface area contributed by atoms with Gasteiger partial charge in [0.05, 0.1) is 12.7 Å². The fourth-order valence-electron chi connectivity index (χ4n) is 4.39. The van der Waals surface area contributed by atoms with E-state index in [0.717, 1.165) is 12.8 Å². The van der Waals surface area contributed by atoms with Gasteiger partial charge in [-0.15, -0.1) is 0 Å². The Bertz CT molecular complexity index is 690. The topological polar surface area (TPSA) is 46.5 Å². The van der Waals surface area contributed by atoms with E-state index in [1.807, 2.05) is 6.07 Å². The second-order valence-corrected chi connectivity index (χ2v) is 7.56. The monoisotopic (exact) mass is 312 g/mol. The first-order valence-electron chi connectivity index (χ1n) is 8.22. The zero-order valence-electron chi connectivity index (χ0n) is 14.2. The third-order valence-electron chi connectivity index (χ3n) is 6.28. The number of hydrogen-bond donors (Lipinski definition) is 1. The summed E-state index contributed by atoms with van der Waals surface area (Å²) in [6.07, 6.45) is 1.76. The van der Waals surface area contributed by atoms with E-state index in [0.29, 0.717) is 23.0 Å². The fourth-order valence-corrected chi connectivity index (χ4v) is 4.39. The first-order valence-corrected chi connectivity index (χ1v) is 8.22. The lowest BCUT2D eigenvalue weighted by atomic mass is 9.65. The van der Waals surface area contributed by atoms with Crippen LogP contribution in [0.15, 0.2) is 24.3 Å². The lowest BCUT2D eigenvalue weighted by Crippen LogP contribution is -2.44. The van der Waals surface area contributed by atoms with Crippen molar-refractivity contribution >= 4 is 5.97 Å². The molecule has 0 amide bonds. The van der Waals surface area contributed by atoms with Crippen LogP contribution in [0.3, 0.4) is 0 Å². The molecule has 122 valence electrons. The van der Waals surface area contributed by atoms with Crippen LogP contribution in [0.1, 0.15) is 49.5 Å². The molecule has 3 nitrogen and oxygen atoms in total. The van der Waals surface area contributed by atoms with E-state index in [1.54, 1.807) is 18.2 Å². The highest BCUT2D eigenvalue weighted by molar-refractivity contribution is 5.92. The molecule has 2 aliphatic carbocycles. The summed E-state index contributed by atoms with van der Waals surface area (Å²) in [5.41, 5.74) is 0.385. The predicted octanol–water partition coefficient (Wildman–Crippen LogP) is 3.26. The summed E-state index contributed by atoms with van der Waals surface area (Å²) in [6.45, 7) is 6.81. The summed E-state index contributed by atoms with van der Waals surface area (Å²) >= 11 is 0. The number of hydrogen-bond acceptors (Lipinski definition) is 3. The summed E-state index contributed by atoms with van der Waals surface area (Å²) < 4.78 is 4.80. The number of rotatable bonds is 1. The van der Waals surface area contributed by atoms with Gasteiger partial charge in [-0.3, -0.25) is 0 Å². The molecule has 2 saturated carbocycles. The van der Waals surface area contributed by atoms with Gasteiger partial charge < -0.3 is 9.84 Å². The molecular weight excluding hydrogens is 288 g/mol. The second-order valence-electron chi connectivity index (χ2n) is 7.56. The van der Waals surface area contributed by atoms with Gasteiger partial charge >= 0.3 is 5.97 Å². The van der Waals surface area contributed by atoms with E-state index in [2.05, 4.69) is 32.6 Å². The van der Waals surface area contributed by atoms with Gasteiger partial charge in [-0.1, -0.05) is 44.7 Å². The first-order chi connectivity index (χ1) is 10.8. The molecule has 1 aromatic carbocycles. The number of fused-ring (bicyclic) bond motifs is 2. The Balaban J connectivity index is 1.91. The van der Waals surface area contributed by atoms with Crippen molar-refractivity contribution in [3.05, 3.63) is 35.4 Å². The van der Waals surface area contributed by atoms with Crippen molar-refractivity contribution in [1.29, 1.82) is 0 Å². The van der Waals surface area contributed by atoms with Crippen LogP contribution < -0.4 is 0 Å². The van der Waals surface area contributed by atoms with Gasteiger partial charge in [0.15, 0.2) is 0 Å². The average Bonchev–Trinajstić information content (AvgIpc) is 2.99. The maximum atomic E-state index is 11.8. The fraction of sp³-hybridized carbons (Fsp3) is 0.550. The molecule has 1 N–H and O–H groups in total. The highest BCUT2D eigenvalue weighted by atomic mass is 16.5. The van der Waals surface area contributed by atoms with E-state index >= 15 is 0 Å². The van der Waals surface area contributed by atoms with Gasteiger partial charge in [-0.2, -0.15) is 0 Å². The molecule has 4 unspecified atom stereocenters. The maximum absolute atomic E-state index is 11.8. The smallest absolute Gasteiger partial charge is 0.339 e. The van der Waals surface area contributed by atoms with Crippen LogP contribution in [0.5, 0.6) is 0 Å². The minimum absolute atomic E-state index is 0.209. The van der Waals surface area contributed by atoms with Crippen molar-refractivity contribution in [2.75, 3.05) is 7.11 Å². The van der Waals surface area contributed by atoms with Gasteiger partial charge in [0.2, 0.25) is 0 Å². The molecule has 2 bridgehead atoms. The molecule has 2 fully saturated rings. The predicted molar refractivity (Wildman–Crippen MR) is 88.8 cm³/mol. The molecule has 0 saturated heterocycles. The van der Waals surface area contributed by atoms with Crippen molar-refractivity contribution in [3.63, 3.8) is 0 Å². The standard InChI is InChI=1S/C20H24O3/c1-13-17-11-15(19(13,2)3)12-20(17,22)10-9-14-7-5-6-8-16(14)18(21)23-4/h5-8,13,15,17,22H,11-12H2,1-4H3. The lowest BCUT2D eigenvalue weighted by molar-refractivity contribution is -0.0250. The van der Waals surface area contributed by atoms with E-state index in [-0.39, 0.29) is 11.3 Å².